The van der Waals surface area contributed by atoms with Crippen molar-refractivity contribution in [1.82, 2.24) is 0 Å². The van der Waals surface area contributed by atoms with Crippen LogP contribution >= 0.6 is 11.9 Å². The Labute approximate surface area is 152 Å². The van der Waals surface area contributed by atoms with Crippen LogP contribution in [-0.2, 0) is 10.0 Å². The zero-order valence-electron chi connectivity index (χ0n) is 13.7. The van der Waals surface area contributed by atoms with Crippen molar-refractivity contribution in [3.05, 3.63) is 96.1 Å². The molecule has 0 aromatic heterocycles. The number of benzene rings is 3. The van der Waals surface area contributed by atoms with E-state index in [0.717, 1.165) is 16.0 Å². The van der Waals surface area contributed by atoms with E-state index in [0.29, 0.717) is 0 Å². The van der Waals surface area contributed by atoms with Gasteiger partial charge in [-0.05, 0) is 46.7 Å². The minimum absolute atomic E-state index is 0.272. The first kappa shape index (κ1) is 17.5. The first-order valence-electron chi connectivity index (χ1n) is 7.80. The minimum atomic E-state index is -3.67. The zero-order valence-corrected chi connectivity index (χ0v) is 15.4. The fourth-order valence-corrected chi connectivity index (χ4v) is 4.72. The molecule has 0 bridgehead atoms. The fourth-order valence-electron chi connectivity index (χ4n) is 2.20. The molecule has 0 unspecified atom stereocenters. The van der Waals surface area contributed by atoms with Gasteiger partial charge in [-0.1, -0.05) is 54.1 Å². The summed E-state index contributed by atoms with van der Waals surface area (Å²) in [5.74, 6) is 0. The standard InChI is InChI=1S/C20H18NO2S2/c1-17-12-14-20(15-13-17)25(22,23)21(16-18-8-4-2-5-9-18)24-19-10-6-3-7-11-19/h2-16H,1H3/q+1. The molecule has 0 amide bonds. The zero-order chi connectivity index (χ0) is 17.7. The van der Waals surface area contributed by atoms with Gasteiger partial charge >= 0.3 is 10.0 Å². The maximum atomic E-state index is 13.1. The molecule has 0 atom stereocenters. The molecule has 0 aliphatic carbocycles. The first-order valence-corrected chi connectivity index (χ1v) is 10.0. The Kier molecular flexibility index (Phi) is 5.36. The Morgan fingerprint density at radius 1 is 0.800 bits per heavy atom. The van der Waals surface area contributed by atoms with Crippen molar-refractivity contribution in [3.63, 3.8) is 0 Å². The molecule has 25 heavy (non-hydrogen) atoms. The monoisotopic (exact) mass is 368 g/mol. The van der Waals surface area contributed by atoms with E-state index in [-0.39, 0.29) is 4.90 Å². The van der Waals surface area contributed by atoms with Gasteiger partial charge in [-0.3, -0.25) is 0 Å². The lowest BCUT2D eigenvalue weighted by Crippen LogP contribution is -2.17. The van der Waals surface area contributed by atoms with Crippen LogP contribution in [0.25, 0.3) is 0 Å². The lowest BCUT2D eigenvalue weighted by molar-refractivity contribution is -0.145. The van der Waals surface area contributed by atoms with Crippen LogP contribution in [0.2, 0.25) is 0 Å². The van der Waals surface area contributed by atoms with E-state index in [9.17, 15) is 8.42 Å². The molecule has 3 rings (SSSR count). The lowest BCUT2D eigenvalue weighted by Gasteiger charge is -2.03. The third-order valence-electron chi connectivity index (χ3n) is 3.55. The summed E-state index contributed by atoms with van der Waals surface area (Å²) in [5, 5.41) is 0. The molecular formula is C20H18NO2S2+. The number of hydrogen-bond donors (Lipinski definition) is 0. The summed E-state index contributed by atoms with van der Waals surface area (Å²) < 4.78 is 27.6. The molecule has 0 spiro atoms. The smallest absolute Gasteiger partial charge is 0.157 e. The maximum absolute atomic E-state index is 13.1. The third-order valence-corrected chi connectivity index (χ3v) is 6.58. The van der Waals surface area contributed by atoms with Crippen LogP contribution in [0.15, 0.2) is 94.7 Å². The van der Waals surface area contributed by atoms with Crippen LogP contribution in [0.3, 0.4) is 0 Å². The van der Waals surface area contributed by atoms with Crippen LogP contribution in [0.5, 0.6) is 0 Å². The van der Waals surface area contributed by atoms with Gasteiger partial charge in [0.15, 0.2) is 0 Å². The van der Waals surface area contributed by atoms with Crippen LogP contribution < -0.4 is 0 Å². The van der Waals surface area contributed by atoms with Gasteiger partial charge in [-0.2, -0.15) is 8.42 Å². The second-order valence-corrected chi connectivity index (χ2v) is 8.61. The van der Waals surface area contributed by atoms with Crippen molar-refractivity contribution in [2.45, 2.75) is 16.7 Å². The van der Waals surface area contributed by atoms with Gasteiger partial charge in [0.05, 0.1) is 4.90 Å². The molecule has 0 N–H and O–H groups in total. The van der Waals surface area contributed by atoms with Crippen molar-refractivity contribution in [2.24, 2.45) is 0 Å². The highest BCUT2D eigenvalue weighted by Crippen LogP contribution is 2.25. The average Bonchev–Trinajstić information content (AvgIpc) is 2.63. The Morgan fingerprint density at radius 2 is 1.36 bits per heavy atom. The second-order valence-electron chi connectivity index (χ2n) is 5.52. The fraction of sp³-hybridized carbons (Fsp3) is 0.0500. The Hall–Kier alpha value is -2.37. The summed E-state index contributed by atoms with van der Waals surface area (Å²) in [6.07, 6.45) is 1.65. The van der Waals surface area contributed by atoms with Crippen molar-refractivity contribution in [3.8, 4) is 0 Å². The quantitative estimate of drug-likeness (QED) is 0.377. The van der Waals surface area contributed by atoms with E-state index < -0.39 is 10.0 Å². The highest BCUT2D eigenvalue weighted by Gasteiger charge is 2.30. The van der Waals surface area contributed by atoms with Crippen molar-refractivity contribution < 1.29 is 11.8 Å². The summed E-state index contributed by atoms with van der Waals surface area (Å²) in [6, 6.07) is 25.8. The average molecular weight is 369 g/mol. The number of nitrogens with zero attached hydrogens (tertiary/aromatic N) is 1. The second kappa shape index (κ2) is 7.68. The van der Waals surface area contributed by atoms with E-state index >= 15 is 0 Å². The van der Waals surface area contributed by atoms with Gasteiger partial charge in [0, 0.05) is 5.56 Å². The molecule has 0 heterocycles. The first-order chi connectivity index (χ1) is 12.1. The van der Waals surface area contributed by atoms with Gasteiger partial charge in [0.2, 0.25) is 18.2 Å². The largest absolute Gasteiger partial charge is 0.407 e. The molecular weight excluding hydrogens is 350 g/mol. The van der Waals surface area contributed by atoms with Crippen molar-refractivity contribution in [2.75, 3.05) is 0 Å². The highest BCUT2D eigenvalue weighted by atomic mass is 32.3. The highest BCUT2D eigenvalue weighted by molar-refractivity contribution is 8.02. The van der Waals surface area contributed by atoms with Gasteiger partial charge in [0.25, 0.3) is 0 Å². The normalized spacial score (nSPS) is 12.1. The Balaban J connectivity index is 2.07. The summed E-state index contributed by atoms with van der Waals surface area (Å²) in [5.41, 5.74) is 1.84. The SMILES string of the molecule is Cc1ccc(S(=O)(=O)[N+](=Cc2ccccc2)Sc2ccccc2)cc1. The van der Waals surface area contributed by atoms with E-state index in [2.05, 4.69) is 0 Å². The van der Waals surface area contributed by atoms with E-state index in [4.69, 9.17) is 0 Å². The summed E-state index contributed by atoms with van der Waals surface area (Å²) >= 11 is 1.18. The van der Waals surface area contributed by atoms with E-state index in [1.807, 2.05) is 67.6 Å². The molecule has 0 fully saturated rings. The molecule has 126 valence electrons. The van der Waals surface area contributed by atoms with Crippen LogP contribution in [0.1, 0.15) is 11.1 Å². The van der Waals surface area contributed by atoms with Crippen molar-refractivity contribution >= 4 is 28.2 Å². The number of hydrogen-bond acceptors (Lipinski definition) is 3. The van der Waals surface area contributed by atoms with Crippen LogP contribution in [0, 0.1) is 6.92 Å². The predicted octanol–water partition coefficient (Wildman–Crippen LogP) is 4.52. The maximum Gasteiger partial charge on any atom is 0.407 e. The van der Waals surface area contributed by atoms with Gasteiger partial charge in [-0.25, -0.2) is 0 Å². The van der Waals surface area contributed by atoms with E-state index in [1.54, 1.807) is 30.5 Å². The molecule has 3 aromatic rings. The molecule has 3 aromatic carbocycles. The van der Waals surface area contributed by atoms with Gasteiger partial charge in [0.1, 0.15) is 4.90 Å². The molecule has 0 saturated carbocycles. The Bertz CT molecular complexity index is 965. The molecule has 0 aliphatic rings. The van der Waals surface area contributed by atoms with Crippen LogP contribution in [0.4, 0.5) is 0 Å². The number of rotatable bonds is 5. The molecule has 0 saturated heterocycles. The molecule has 0 radical (unpaired) electrons. The topological polar surface area (TPSA) is 37.1 Å². The predicted molar refractivity (Wildman–Crippen MR) is 103 cm³/mol. The minimum Gasteiger partial charge on any atom is -0.157 e. The molecule has 3 nitrogen and oxygen atoms in total. The third kappa shape index (κ3) is 4.38. The number of aryl methyl sites for hydroxylation is 1. The summed E-state index contributed by atoms with van der Waals surface area (Å²) in [7, 11) is -3.67. The summed E-state index contributed by atoms with van der Waals surface area (Å²) in [6.45, 7) is 1.93. The Morgan fingerprint density at radius 3 is 1.96 bits per heavy atom. The van der Waals surface area contributed by atoms with Crippen LogP contribution in [-0.4, -0.2) is 18.0 Å². The molecule has 0 aliphatic heterocycles. The summed E-state index contributed by atoms with van der Waals surface area (Å²) in [4.78, 5) is 1.12. The van der Waals surface area contributed by atoms with Gasteiger partial charge in [-0.15, -0.1) is 0 Å². The van der Waals surface area contributed by atoms with Gasteiger partial charge < -0.3 is 0 Å². The van der Waals surface area contributed by atoms with E-state index in [1.165, 1.54) is 15.3 Å². The lowest BCUT2D eigenvalue weighted by atomic mass is 10.2. The van der Waals surface area contributed by atoms with Crippen molar-refractivity contribution in [1.29, 1.82) is 0 Å². The molecule has 5 heteroatoms. The number of sulfonamides is 1.